The van der Waals surface area contributed by atoms with E-state index in [0.717, 1.165) is 34.2 Å². The number of hydrogen-bond acceptors (Lipinski definition) is 3. The van der Waals surface area contributed by atoms with E-state index < -0.39 is 0 Å². The van der Waals surface area contributed by atoms with Crippen molar-refractivity contribution in [3.63, 3.8) is 0 Å². The van der Waals surface area contributed by atoms with Gasteiger partial charge < -0.3 is 0 Å². The fraction of sp³-hybridized carbons (Fsp3) is 0.222. The molecule has 0 aliphatic heterocycles. The van der Waals surface area contributed by atoms with E-state index in [9.17, 15) is 4.79 Å². The fourth-order valence-corrected chi connectivity index (χ4v) is 3.96. The average molecular weight is 308 g/mol. The van der Waals surface area contributed by atoms with Crippen LogP contribution in [0, 0.1) is 6.92 Å². The normalized spacial score (nSPS) is 13.3. The van der Waals surface area contributed by atoms with E-state index in [1.165, 1.54) is 28.9 Å². The Kier molecular flexibility index (Phi) is 3.19. The molecule has 1 N–H and O–H groups in total. The van der Waals surface area contributed by atoms with Gasteiger partial charge >= 0.3 is 0 Å². The second-order valence-electron chi connectivity index (χ2n) is 5.73. The van der Waals surface area contributed by atoms with Crippen molar-refractivity contribution >= 4 is 32.6 Å². The molecule has 1 aromatic heterocycles. The number of carbonyl (C=O) groups is 1. The van der Waals surface area contributed by atoms with Crippen LogP contribution in [0.5, 0.6) is 0 Å². The molecule has 4 heteroatoms. The van der Waals surface area contributed by atoms with Gasteiger partial charge in [0.05, 0.1) is 10.2 Å². The number of para-hydroxylation sites is 1. The molecule has 0 unspecified atom stereocenters. The number of nitrogens with zero attached hydrogens (tertiary/aromatic N) is 1. The minimum atomic E-state index is -0.0774. The maximum Gasteiger partial charge on any atom is 0.257 e. The minimum absolute atomic E-state index is 0.0774. The molecule has 0 saturated heterocycles. The summed E-state index contributed by atoms with van der Waals surface area (Å²) in [5.41, 5.74) is 5.51. The molecule has 1 amide bonds. The number of thiazole rings is 1. The number of anilines is 1. The Balaban J connectivity index is 1.61. The number of amides is 1. The van der Waals surface area contributed by atoms with E-state index in [-0.39, 0.29) is 5.91 Å². The van der Waals surface area contributed by atoms with E-state index in [1.54, 1.807) is 0 Å². The van der Waals surface area contributed by atoms with Crippen LogP contribution in [0.4, 0.5) is 5.13 Å². The van der Waals surface area contributed by atoms with Crippen LogP contribution in [-0.2, 0) is 12.8 Å². The van der Waals surface area contributed by atoms with E-state index in [2.05, 4.69) is 16.4 Å². The summed E-state index contributed by atoms with van der Waals surface area (Å²) in [6.07, 6.45) is 3.41. The molecule has 4 rings (SSSR count). The lowest BCUT2D eigenvalue weighted by Gasteiger charge is -2.04. The van der Waals surface area contributed by atoms with Gasteiger partial charge in [-0.2, -0.15) is 0 Å². The number of rotatable bonds is 2. The number of benzene rings is 2. The van der Waals surface area contributed by atoms with Gasteiger partial charge in [-0.15, -0.1) is 0 Å². The lowest BCUT2D eigenvalue weighted by molar-refractivity contribution is 0.102. The number of aryl methyl sites for hydroxylation is 3. The van der Waals surface area contributed by atoms with Gasteiger partial charge in [-0.3, -0.25) is 10.1 Å². The van der Waals surface area contributed by atoms with Crippen molar-refractivity contribution in [2.45, 2.75) is 26.2 Å². The Morgan fingerprint density at radius 2 is 2.05 bits per heavy atom. The maximum atomic E-state index is 12.4. The SMILES string of the molecule is Cc1cccc2sc(NC(=O)c3ccc4c(c3)CCC4)nc12. The fourth-order valence-electron chi connectivity index (χ4n) is 3.02. The quantitative estimate of drug-likeness (QED) is 0.765. The lowest BCUT2D eigenvalue weighted by atomic mass is 10.1. The first kappa shape index (κ1) is 13.5. The van der Waals surface area contributed by atoms with Crippen LogP contribution in [-0.4, -0.2) is 10.9 Å². The summed E-state index contributed by atoms with van der Waals surface area (Å²) in [4.78, 5) is 17.0. The average Bonchev–Trinajstić information content (AvgIpc) is 3.13. The Morgan fingerprint density at radius 1 is 1.18 bits per heavy atom. The molecule has 1 aliphatic rings. The van der Waals surface area contributed by atoms with Crippen LogP contribution in [0.15, 0.2) is 36.4 Å². The van der Waals surface area contributed by atoms with Crippen LogP contribution >= 0.6 is 11.3 Å². The minimum Gasteiger partial charge on any atom is -0.298 e. The molecular formula is C18H16N2OS. The second kappa shape index (κ2) is 5.21. The Morgan fingerprint density at radius 3 is 2.91 bits per heavy atom. The zero-order valence-corrected chi connectivity index (χ0v) is 13.2. The maximum absolute atomic E-state index is 12.4. The summed E-state index contributed by atoms with van der Waals surface area (Å²) in [6.45, 7) is 2.04. The number of nitrogens with one attached hydrogen (secondary N) is 1. The summed E-state index contributed by atoms with van der Waals surface area (Å²) in [6, 6.07) is 12.1. The third-order valence-electron chi connectivity index (χ3n) is 4.20. The van der Waals surface area contributed by atoms with Crippen molar-refractivity contribution < 1.29 is 4.79 Å². The predicted molar refractivity (Wildman–Crippen MR) is 90.8 cm³/mol. The Hall–Kier alpha value is -2.20. The summed E-state index contributed by atoms with van der Waals surface area (Å²) in [5.74, 6) is -0.0774. The van der Waals surface area contributed by atoms with Gasteiger partial charge in [0.25, 0.3) is 5.91 Å². The van der Waals surface area contributed by atoms with Crippen molar-refractivity contribution in [3.8, 4) is 0 Å². The van der Waals surface area contributed by atoms with Gasteiger partial charge in [-0.05, 0) is 61.1 Å². The molecule has 1 aliphatic carbocycles. The van der Waals surface area contributed by atoms with Gasteiger partial charge in [0, 0.05) is 5.56 Å². The summed E-state index contributed by atoms with van der Waals surface area (Å²) in [7, 11) is 0. The second-order valence-corrected chi connectivity index (χ2v) is 6.76. The highest BCUT2D eigenvalue weighted by atomic mass is 32.1. The molecule has 0 spiro atoms. The molecule has 3 aromatic rings. The lowest BCUT2D eigenvalue weighted by Crippen LogP contribution is -2.12. The Labute approximate surface area is 133 Å². The van der Waals surface area contributed by atoms with Crippen molar-refractivity contribution in [1.82, 2.24) is 4.98 Å². The summed E-state index contributed by atoms with van der Waals surface area (Å²) in [5, 5.41) is 3.60. The molecule has 2 aromatic carbocycles. The largest absolute Gasteiger partial charge is 0.298 e. The van der Waals surface area contributed by atoms with Crippen LogP contribution in [0.2, 0.25) is 0 Å². The highest BCUT2D eigenvalue weighted by Gasteiger charge is 2.15. The summed E-state index contributed by atoms with van der Waals surface area (Å²) >= 11 is 1.52. The van der Waals surface area contributed by atoms with E-state index in [0.29, 0.717) is 5.13 Å². The van der Waals surface area contributed by atoms with Crippen molar-refractivity contribution in [1.29, 1.82) is 0 Å². The highest BCUT2D eigenvalue weighted by molar-refractivity contribution is 7.22. The van der Waals surface area contributed by atoms with Crippen LogP contribution in [0.25, 0.3) is 10.2 Å². The van der Waals surface area contributed by atoms with Crippen molar-refractivity contribution in [3.05, 3.63) is 58.7 Å². The van der Waals surface area contributed by atoms with Crippen molar-refractivity contribution in [2.24, 2.45) is 0 Å². The van der Waals surface area contributed by atoms with Crippen LogP contribution < -0.4 is 5.32 Å². The number of aromatic nitrogens is 1. The molecule has 0 atom stereocenters. The van der Waals surface area contributed by atoms with Crippen LogP contribution in [0.1, 0.15) is 33.5 Å². The molecule has 0 fully saturated rings. The first-order valence-electron chi connectivity index (χ1n) is 7.50. The van der Waals surface area contributed by atoms with Crippen molar-refractivity contribution in [2.75, 3.05) is 5.32 Å². The topological polar surface area (TPSA) is 42.0 Å². The van der Waals surface area contributed by atoms with Gasteiger partial charge in [-0.1, -0.05) is 29.5 Å². The molecule has 3 nitrogen and oxygen atoms in total. The standard InChI is InChI=1S/C18H16N2OS/c1-11-4-2-7-15-16(11)19-18(22-15)20-17(21)14-9-8-12-5-3-6-13(12)10-14/h2,4,7-10H,3,5-6H2,1H3,(H,19,20,21). The zero-order chi connectivity index (χ0) is 15.1. The highest BCUT2D eigenvalue weighted by Crippen LogP contribution is 2.28. The smallest absolute Gasteiger partial charge is 0.257 e. The third kappa shape index (κ3) is 2.29. The van der Waals surface area contributed by atoms with Gasteiger partial charge in [0.2, 0.25) is 0 Å². The molecule has 0 saturated carbocycles. The molecular weight excluding hydrogens is 292 g/mol. The van der Waals surface area contributed by atoms with E-state index >= 15 is 0 Å². The first-order valence-corrected chi connectivity index (χ1v) is 8.32. The van der Waals surface area contributed by atoms with E-state index in [1.807, 2.05) is 37.3 Å². The molecule has 0 radical (unpaired) electrons. The van der Waals surface area contributed by atoms with Gasteiger partial charge in [0.15, 0.2) is 5.13 Å². The first-order chi connectivity index (χ1) is 10.7. The van der Waals surface area contributed by atoms with E-state index in [4.69, 9.17) is 0 Å². The summed E-state index contributed by atoms with van der Waals surface area (Å²) < 4.78 is 1.10. The van der Waals surface area contributed by atoms with Gasteiger partial charge in [0.1, 0.15) is 0 Å². The zero-order valence-electron chi connectivity index (χ0n) is 12.3. The molecule has 22 heavy (non-hydrogen) atoms. The molecule has 0 bridgehead atoms. The van der Waals surface area contributed by atoms with Crippen LogP contribution in [0.3, 0.4) is 0 Å². The Bertz CT molecular complexity index is 882. The third-order valence-corrected chi connectivity index (χ3v) is 5.14. The number of carbonyl (C=O) groups excluding carboxylic acids is 1. The molecule has 1 heterocycles. The number of hydrogen-bond donors (Lipinski definition) is 1. The monoisotopic (exact) mass is 308 g/mol. The number of fused-ring (bicyclic) bond motifs is 2. The predicted octanol–water partition coefficient (Wildman–Crippen LogP) is 4.35. The van der Waals surface area contributed by atoms with Gasteiger partial charge in [-0.25, -0.2) is 4.98 Å². The molecule has 110 valence electrons.